The van der Waals surface area contributed by atoms with Gasteiger partial charge in [-0.2, -0.15) is 0 Å². The summed E-state index contributed by atoms with van der Waals surface area (Å²) < 4.78 is 0. The number of hydrogen-bond acceptors (Lipinski definition) is 4. The first-order chi connectivity index (χ1) is 10.3. The Morgan fingerprint density at radius 1 is 1.00 bits per heavy atom. The van der Waals surface area contributed by atoms with Crippen LogP contribution in [0.5, 0.6) is 0 Å². The van der Waals surface area contributed by atoms with E-state index in [2.05, 4.69) is 46.3 Å². The van der Waals surface area contributed by atoms with Crippen molar-refractivity contribution in [2.45, 2.75) is 29.9 Å². The fourth-order valence-corrected chi connectivity index (χ4v) is 3.48. The van der Waals surface area contributed by atoms with E-state index >= 15 is 0 Å². The van der Waals surface area contributed by atoms with Crippen LogP contribution < -0.4 is 10.6 Å². The van der Waals surface area contributed by atoms with Gasteiger partial charge in [0.1, 0.15) is 11.6 Å². The Bertz CT molecular complexity index is 580. The predicted molar refractivity (Wildman–Crippen MR) is 90.7 cm³/mol. The minimum atomic E-state index is 0.652. The summed E-state index contributed by atoms with van der Waals surface area (Å²) in [5.74, 6) is 2.60. The van der Waals surface area contributed by atoms with Crippen molar-refractivity contribution in [1.82, 2.24) is 4.98 Å². The Labute approximate surface area is 130 Å². The maximum absolute atomic E-state index is 6.13. The van der Waals surface area contributed by atoms with Crippen LogP contribution in [0.25, 0.3) is 0 Å². The lowest BCUT2D eigenvalue weighted by molar-refractivity contribution is 0.573. The number of anilines is 2. The van der Waals surface area contributed by atoms with Crippen LogP contribution >= 0.6 is 11.8 Å². The van der Waals surface area contributed by atoms with E-state index in [1.165, 1.54) is 24.8 Å². The van der Waals surface area contributed by atoms with Crippen molar-refractivity contribution in [3.8, 4) is 0 Å². The Balaban J connectivity index is 1.66. The van der Waals surface area contributed by atoms with Crippen LogP contribution in [-0.4, -0.2) is 18.1 Å². The van der Waals surface area contributed by atoms with E-state index < -0.39 is 0 Å². The molecular formula is C17H21N3S. The summed E-state index contributed by atoms with van der Waals surface area (Å²) in [6.45, 7) is 2.20. The second-order valence-electron chi connectivity index (χ2n) is 5.37. The molecule has 0 bridgehead atoms. The highest BCUT2D eigenvalue weighted by molar-refractivity contribution is 7.98. The first-order valence-electron chi connectivity index (χ1n) is 7.51. The maximum atomic E-state index is 6.13. The lowest BCUT2D eigenvalue weighted by atomic mass is 10.1. The molecule has 2 heterocycles. The van der Waals surface area contributed by atoms with E-state index in [-0.39, 0.29) is 0 Å². The summed E-state index contributed by atoms with van der Waals surface area (Å²) in [6.07, 6.45) is 3.84. The van der Waals surface area contributed by atoms with Gasteiger partial charge in [0.2, 0.25) is 0 Å². The van der Waals surface area contributed by atoms with Gasteiger partial charge in [-0.05, 0) is 37.0 Å². The van der Waals surface area contributed by atoms with Crippen molar-refractivity contribution in [2.24, 2.45) is 0 Å². The van der Waals surface area contributed by atoms with Gasteiger partial charge in [0.15, 0.2) is 0 Å². The van der Waals surface area contributed by atoms with Crippen molar-refractivity contribution < 1.29 is 0 Å². The smallest absolute Gasteiger partial charge is 0.139 e. The number of piperidine rings is 1. The number of benzene rings is 1. The van der Waals surface area contributed by atoms with E-state index in [0.29, 0.717) is 5.82 Å². The molecule has 1 aromatic heterocycles. The summed E-state index contributed by atoms with van der Waals surface area (Å²) in [6, 6.07) is 14.7. The molecule has 0 atom stereocenters. The van der Waals surface area contributed by atoms with Crippen LogP contribution in [0.2, 0.25) is 0 Å². The van der Waals surface area contributed by atoms with Gasteiger partial charge >= 0.3 is 0 Å². The number of rotatable bonds is 4. The minimum Gasteiger partial charge on any atom is -0.383 e. The molecule has 0 aliphatic carbocycles. The van der Waals surface area contributed by atoms with Gasteiger partial charge in [0, 0.05) is 23.7 Å². The summed E-state index contributed by atoms with van der Waals surface area (Å²) in [4.78, 5) is 8.00. The highest BCUT2D eigenvalue weighted by Crippen LogP contribution is 2.29. The summed E-state index contributed by atoms with van der Waals surface area (Å²) >= 11 is 1.75. The molecule has 0 spiro atoms. The third-order valence-corrected chi connectivity index (χ3v) is 4.92. The first kappa shape index (κ1) is 14.3. The number of aromatic nitrogens is 1. The zero-order chi connectivity index (χ0) is 14.5. The van der Waals surface area contributed by atoms with Crippen LogP contribution in [0, 0.1) is 0 Å². The van der Waals surface area contributed by atoms with Gasteiger partial charge in [0.05, 0.1) is 0 Å². The number of nitrogen functional groups attached to an aromatic ring is 1. The molecule has 1 aromatic carbocycles. The zero-order valence-corrected chi connectivity index (χ0v) is 13.0. The number of nitrogens with zero attached hydrogens (tertiary/aromatic N) is 2. The number of nitrogens with two attached hydrogens (primary N) is 1. The number of pyridine rings is 1. The molecule has 21 heavy (non-hydrogen) atoms. The third-order valence-electron chi connectivity index (χ3n) is 3.79. The van der Waals surface area contributed by atoms with Crippen molar-refractivity contribution in [3.63, 3.8) is 0 Å². The lowest BCUT2D eigenvalue weighted by Crippen LogP contribution is -2.30. The van der Waals surface area contributed by atoms with Crippen LogP contribution in [0.1, 0.15) is 24.8 Å². The molecule has 1 aliphatic heterocycles. The largest absolute Gasteiger partial charge is 0.383 e. The fourth-order valence-electron chi connectivity index (χ4n) is 2.61. The monoisotopic (exact) mass is 299 g/mol. The second-order valence-corrected chi connectivity index (χ2v) is 6.39. The van der Waals surface area contributed by atoms with Crippen molar-refractivity contribution in [1.29, 1.82) is 0 Å². The SMILES string of the molecule is Nc1nc(N2CCCCC2)ccc1SCc1ccccc1. The van der Waals surface area contributed by atoms with Gasteiger partial charge in [0.25, 0.3) is 0 Å². The topological polar surface area (TPSA) is 42.1 Å². The number of thioether (sulfide) groups is 1. The highest BCUT2D eigenvalue weighted by Gasteiger charge is 2.13. The standard InChI is InChI=1S/C17H21N3S/c18-17-15(21-13-14-7-3-1-4-8-14)9-10-16(19-17)20-11-5-2-6-12-20/h1,3-4,7-10H,2,5-6,11-13H2,(H2,18,19). The quantitative estimate of drug-likeness (QED) is 0.868. The number of hydrogen-bond donors (Lipinski definition) is 1. The Hall–Kier alpha value is -1.68. The molecule has 0 radical (unpaired) electrons. The van der Waals surface area contributed by atoms with E-state index in [4.69, 9.17) is 5.73 Å². The van der Waals surface area contributed by atoms with E-state index in [0.717, 1.165) is 29.6 Å². The molecular weight excluding hydrogens is 278 g/mol. The molecule has 0 amide bonds. The average molecular weight is 299 g/mol. The minimum absolute atomic E-state index is 0.652. The van der Waals surface area contributed by atoms with Crippen molar-refractivity contribution in [3.05, 3.63) is 48.0 Å². The van der Waals surface area contributed by atoms with Crippen LogP contribution in [-0.2, 0) is 5.75 Å². The molecule has 2 aromatic rings. The molecule has 3 rings (SSSR count). The van der Waals surface area contributed by atoms with Crippen LogP contribution in [0.15, 0.2) is 47.4 Å². The molecule has 1 fully saturated rings. The summed E-state index contributed by atoms with van der Waals surface area (Å²) in [5, 5.41) is 0. The molecule has 110 valence electrons. The average Bonchev–Trinajstić information content (AvgIpc) is 2.55. The Morgan fingerprint density at radius 2 is 1.76 bits per heavy atom. The van der Waals surface area contributed by atoms with E-state index in [9.17, 15) is 0 Å². The van der Waals surface area contributed by atoms with Gasteiger partial charge < -0.3 is 10.6 Å². The summed E-state index contributed by atoms with van der Waals surface area (Å²) in [7, 11) is 0. The Kier molecular flexibility index (Phi) is 4.65. The van der Waals surface area contributed by atoms with Crippen molar-refractivity contribution in [2.75, 3.05) is 23.7 Å². The fraction of sp³-hybridized carbons (Fsp3) is 0.353. The molecule has 3 nitrogen and oxygen atoms in total. The highest BCUT2D eigenvalue weighted by atomic mass is 32.2. The first-order valence-corrected chi connectivity index (χ1v) is 8.50. The molecule has 1 saturated heterocycles. The molecule has 0 unspecified atom stereocenters. The molecule has 4 heteroatoms. The van der Waals surface area contributed by atoms with Gasteiger partial charge in [-0.1, -0.05) is 30.3 Å². The zero-order valence-electron chi connectivity index (χ0n) is 12.2. The van der Waals surface area contributed by atoms with Gasteiger partial charge in [-0.15, -0.1) is 11.8 Å². The van der Waals surface area contributed by atoms with Gasteiger partial charge in [-0.3, -0.25) is 0 Å². The predicted octanol–water partition coefficient (Wildman–Crippen LogP) is 3.95. The second kappa shape index (κ2) is 6.85. The molecule has 1 aliphatic rings. The third kappa shape index (κ3) is 3.70. The maximum Gasteiger partial charge on any atom is 0.139 e. The Morgan fingerprint density at radius 3 is 2.48 bits per heavy atom. The molecule has 0 saturated carbocycles. The van der Waals surface area contributed by atoms with Crippen LogP contribution in [0.3, 0.4) is 0 Å². The normalized spacial score (nSPS) is 15.1. The van der Waals surface area contributed by atoms with E-state index in [1.54, 1.807) is 11.8 Å². The van der Waals surface area contributed by atoms with Gasteiger partial charge in [-0.25, -0.2) is 4.98 Å². The summed E-state index contributed by atoms with van der Waals surface area (Å²) in [5.41, 5.74) is 7.44. The van der Waals surface area contributed by atoms with E-state index in [1.807, 2.05) is 6.07 Å². The molecule has 2 N–H and O–H groups in total. The van der Waals surface area contributed by atoms with Crippen LogP contribution in [0.4, 0.5) is 11.6 Å². The van der Waals surface area contributed by atoms with Crippen molar-refractivity contribution >= 4 is 23.4 Å². The lowest BCUT2D eigenvalue weighted by Gasteiger charge is -2.28.